The Bertz CT molecular complexity index is 307. The van der Waals surface area contributed by atoms with Crippen LogP contribution in [0.3, 0.4) is 0 Å². The van der Waals surface area contributed by atoms with Crippen LogP contribution in [0, 0.1) is 18.8 Å². The molecule has 92 valence electrons. The van der Waals surface area contributed by atoms with Gasteiger partial charge < -0.3 is 5.32 Å². The molecular formula is C13H24N2S. The molecule has 0 aromatic carbocycles. The van der Waals surface area contributed by atoms with E-state index < -0.39 is 0 Å². The lowest BCUT2D eigenvalue weighted by atomic mass is 9.91. The van der Waals surface area contributed by atoms with E-state index in [4.69, 9.17) is 0 Å². The van der Waals surface area contributed by atoms with Crippen LogP contribution in [0.4, 0.5) is 0 Å². The minimum absolute atomic E-state index is 0.580. The smallest absolute Gasteiger partial charge is 0.0897 e. The fourth-order valence-electron chi connectivity index (χ4n) is 1.66. The van der Waals surface area contributed by atoms with Gasteiger partial charge in [0, 0.05) is 11.4 Å². The molecule has 1 rings (SSSR count). The van der Waals surface area contributed by atoms with Gasteiger partial charge in [0.15, 0.2) is 0 Å². The number of aromatic nitrogens is 1. The first-order valence-corrected chi connectivity index (χ1v) is 7.01. The van der Waals surface area contributed by atoms with E-state index in [0.717, 1.165) is 13.0 Å². The number of thiazole rings is 1. The van der Waals surface area contributed by atoms with Crippen molar-refractivity contribution < 1.29 is 0 Å². The summed E-state index contributed by atoms with van der Waals surface area (Å²) in [6.45, 7) is 12.2. The lowest BCUT2D eigenvalue weighted by Gasteiger charge is -2.21. The van der Waals surface area contributed by atoms with Gasteiger partial charge in [-0.15, -0.1) is 11.3 Å². The highest BCUT2D eigenvalue weighted by Gasteiger charge is 2.14. The molecule has 1 aromatic heterocycles. The summed E-state index contributed by atoms with van der Waals surface area (Å²) < 4.78 is 0. The van der Waals surface area contributed by atoms with Crippen LogP contribution in [0.2, 0.25) is 0 Å². The molecule has 1 N–H and O–H groups in total. The van der Waals surface area contributed by atoms with Crippen molar-refractivity contribution in [1.82, 2.24) is 10.3 Å². The predicted molar refractivity (Wildman–Crippen MR) is 72.0 cm³/mol. The lowest BCUT2D eigenvalue weighted by molar-refractivity contribution is 0.352. The molecule has 2 nitrogen and oxygen atoms in total. The molecule has 2 unspecified atom stereocenters. The molecule has 16 heavy (non-hydrogen) atoms. The summed E-state index contributed by atoms with van der Waals surface area (Å²) in [6.07, 6.45) is 1.10. The molecule has 0 saturated carbocycles. The maximum atomic E-state index is 4.53. The van der Waals surface area contributed by atoms with E-state index in [2.05, 4.69) is 50.3 Å². The molecule has 0 radical (unpaired) electrons. The Morgan fingerprint density at radius 2 is 1.94 bits per heavy atom. The van der Waals surface area contributed by atoms with Crippen molar-refractivity contribution >= 4 is 11.3 Å². The van der Waals surface area contributed by atoms with Crippen molar-refractivity contribution in [1.29, 1.82) is 0 Å². The predicted octanol–water partition coefficient (Wildman–Crippen LogP) is 3.26. The summed E-state index contributed by atoms with van der Waals surface area (Å²) in [5, 5.41) is 6.86. The average Bonchev–Trinajstić information content (AvgIpc) is 2.60. The topological polar surface area (TPSA) is 24.9 Å². The molecule has 0 spiro atoms. The summed E-state index contributed by atoms with van der Waals surface area (Å²) in [5.41, 5.74) is 1.26. The van der Waals surface area contributed by atoms with Gasteiger partial charge in [-0.1, -0.05) is 27.7 Å². The fourth-order valence-corrected chi connectivity index (χ4v) is 2.28. The third kappa shape index (κ3) is 4.62. The molecule has 0 amide bonds. The lowest BCUT2D eigenvalue weighted by Crippen LogP contribution is -2.31. The van der Waals surface area contributed by atoms with Crippen molar-refractivity contribution in [2.24, 2.45) is 11.8 Å². The van der Waals surface area contributed by atoms with Gasteiger partial charge in [0.1, 0.15) is 0 Å². The first-order chi connectivity index (χ1) is 7.49. The van der Waals surface area contributed by atoms with Gasteiger partial charge >= 0.3 is 0 Å². The van der Waals surface area contributed by atoms with Gasteiger partial charge in [-0.3, -0.25) is 0 Å². The number of hydrogen-bond donors (Lipinski definition) is 1. The van der Waals surface area contributed by atoms with Gasteiger partial charge in [-0.25, -0.2) is 4.98 Å². The monoisotopic (exact) mass is 240 g/mol. The van der Waals surface area contributed by atoms with E-state index in [0.29, 0.717) is 17.9 Å². The van der Waals surface area contributed by atoms with Crippen molar-refractivity contribution in [2.75, 3.05) is 6.54 Å². The molecular weight excluding hydrogens is 216 g/mol. The summed E-state index contributed by atoms with van der Waals surface area (Å²) >= 11 is 1.75. The van der Waals surface area contributed by atoms with E-state index in [1.165, 1.54) is 10.7 Å². The van der Waals surface area contributed by atoms with Gasteiger partial charge in [0.25, 0.3) is 0 Å². The van der Waals surface area contributed by atoms with Gasteiger partial charge in [0.2, 0.25) is 0 Å². The molecule has 1 aromatic rings. The molecule has 0 aliphatic heterocycles. The Balaban J connectivity index is 2.36. The minimum Gasteiger partial charge on any atom is -0.314 e. The first kappa shape index (κ1) is 13.7. The summed E-state index contributed by atoms with van der Waals surface area (Å²) in [4.78, 5) is 4.53. The molecule has 0 aliphatic carbocycles. The number of aryl methyl sites for hydroxylation is 1. The third-order valence-electron chi connectivity index (χ3n) is 3.02. The number of hydrogen-bond acceptors (Lipinski definition) is 3. The van der Waals surface area contributed by atoms with Crippen LogP contribution in [0.25, 0.3) is 0 Å². The first-order valence-electron chi connectivity index (χ1n) is 6.13. The summed E-state index contributed by atoms with van der Waals surface area (Å²) in [6, 6.07) is 0.580. The Hall–Kier alpha value is -0.410. The minimum atomic E-state index is 0.580. The second-order valence-corrected chi connectivity index (χ2v) is 6.14. The number of rotatable bonds is 6. The van der Waals surface area contributed by atoms with E-state index in [9.17, 15) is 0 Å². The van der Waals surface area contributed by atoms with Gasteiger partial charge in [0.05, 0.1) is 10.7 Å². The Morgan fingerprint density at radius 3 is 2.44 bits per heavy atom. The number of nitrogens with zero attached hydrogens (tertiary/aromatic N) is 1. The van der Waals surface area contributed by atoms with E-state index in [1.807, 2.05) is 0 Å². The van der Waals surface area contributed by atoms with Crippen LogP contribution in [-0.4, -0.2) is 17.6 Å². The average molecular weight is 240 g/mol. The fraction of sp³-hybridized carbons (Fsp3) is 0.769. The zero-order valence-corrected chi connectivity index (χ0v) is 11.9. The van der Waals surface area contributed by atoms with Crippen molar-refractivity contribution in [3.05, 3.63) is 16.1 Å². The zero-order valence-electron chi connectivity index (χ0n) is 11.1. The molecule has 3 heteroatoms. The molecule has 2 atom stereocenters. The highest BCUT2D eigenvalue weighted by molar-refractivity contribution is 7.09. The van der Waals surface area contributed by atoms with E-state index in [-0.39, 0.29) is 0 Å². The highest BCUT2D eigenvalue weighted by atomic mass is 32.1. The number of nitrogens with one attached hydrogen (secondary N) is 1. The van der Waals surface area contributed by atoms with Crippen molar-refractivity contribution in [3.63, 3.8) is 0 Å². The Kier molecular flexibility index (Phi) is 5.42. The van der Waals surface area contributed by atoms with Gasteiger partial charge in [-0.2, -0.15) is 0 Å². The van der Waals surface area contributed by atoms with Crippen molar-refractivity contribution in [2.45, 2.75) is 47.1 Å². The van der Waals surface area contributed by atoms with Crippen LogP contribution >= 0.6 is 11.3 Å². The molecule has 0 bridgehead atoms. The Morgan fingerprint density at radius 1 is 1.25 bits per heavy atom. The summed E-state index contributed by atoms with van der Waals surface area (Å²) in [7, 11) is 0. The molecule has 0 saturated heterocycles. The SMILES string of the molecule is Cc1nc(CC(C)C(C)CNC(C)C)cs1. The maximum absolute atomic E-state index is 4.53. The largest absolute Gasteiger partial charge is 0.314 e. The van der Waals surface area contributed by atoms with E-state index in [1.54, 1.807) is 11.3 Å². The summed E-state index contributed by atoms with van der Waals surface area (Å²) in [5.74, 6) is 1.39. The van der Waals surface area contributed by atoms with Crippen LogP contribution in [0.15, 0.2) is 5.38 Å². The van der Waals surface area contributed by atoms with E-state index >= 15 is 0 Å². The highest BCUT2D eigenvalue weighted by Crippen LogP contribution is 2.18. The van der Waals surface area contributed by atoms with Crippen LogP contribution in [-0.2, 0) is 6.42 Å². The van der Waals surface area contributed by atoms with Crippen LogP contribution in [0.5, 0.6) is 0 Å². The quantitative estimate of drug-likeness (QED) is 0.825. The third-order valence-corrected chi connectivity index (χ3v) is 3.84. The second kappa shape index (κ2) is 6.36. The Labute approximate surface area is 103 Å². The van der Waals surface area contributed by atoms with Crippen LogP contribution in [0.1, 0.15) is 38.4 Å². The second-order valence-electron chi connectivity index (χ2n) is 5.08. The van der Waals surface area contributed by atoms with Crippen LogP contribution < -0.4 is 5.32 Å². The van der Waals surface area contributed by atoms with Gasteiger partial charge in [-0.05, 0) is 31.7 Å². The van der Waals surface area contributed by atoms with Crippen molar-refractivity contribution in [3.8, 4) is 0 Å². The standard InChI is InChI=1S/C13H24N2S/c1-9(2)14-7-11(4)10(3)6-13-8-16-12(5)15-13/h8-11,14H,6-7H2,1-5H3. The normalized spacial score (nSPS) is 15.4. The molecule has 1 heterocycles. The molecule has 0 aliphatic rings. The maximum Gasteiger partial charge on any atom is 0.0897 e. The molecule has 0 fully saturated rings. The zero-order chi connectivity index (χ0) is 12.1.